The van der Waals surface area contributed by atoms with Gasteiger partial charge in [-0.1, -0.05) is 36.5 Å². The molecule has 1 aliphatic rings. The van der Waals surface area contributed by atoms with Gasteiger partial charge in [0.1, 0.15) is 4.99 Å². The van der Waals surface area contributed by atoms with Gasteiger partial charge in [0.15, 0.2) is 12.4 Å². The molecule has 1 saturated heterocycles. The number of nitro benzene ring substituents is 1. The number of aromatic nitrogens is 1. The number of carbonyl (C=O) groups excluding carboxylic acids is 1. The van der Waals surface area contributed by atoms with E-state index < -0.39 is 16.9 Å². The SMILES string of the molecule is N=C=C1C(=S)NC(=O)C([n+]2ccccc2)C1c1ccccc1[N+](=O)[O-]. The molecule has 1 fully saturated rings. The Hall–Kier alpha value is -3.22. The highest BCUT2D eigenvalue weighted by Crippen LogP contribution is 2.39. The fourth-order valence-corrected chi connectivity index (χ4v) is 3.26. The van der Waals surface area contributed by atoms with Gasteiger partial charge in [0, 0.05) is 23.8 Å². The van der Waals surface area contributed by atoms with Crippen LogP contribution in [0, 0.1) is 15.5 Å². The molecule has 8 heteroatoms. The third-order valence-corrected chi connectivity index (χ3v) is 4.36. The van der Waals surface area contributed by atoms with E-state index in [2.05, 4.69) is 11.2 Å². The first kappa shape index (κ1) is 16.6. The van der Waals surface area contributed by atoms with Crippen molar-refractivity contribution < 1.29 is 14.3 Å². The van der Waals surface area contributed by atoms with Crippen molar-refractivity contribution in [2.24, 2.45) is 0 Å². The van der Waals surface area contributed by atoms with E-state index in [-0.39, 0.29) is 22.2 Å². The second kappa shape index (κ2) is 6.72. The van der Waals surface area contributed by atoms with E-state index in [9.17, 15) is 14.9 Å². The van der Waals surface area contributed by atoms with Crippen molar-refractivity contribution in [2.45, 2.75) is 12.0 Å². The summed E-state index contributed by atoms with van der Waals surface area (Å²) >= 11 is 5.16. The van der Waals surface area contributed by atoms with E-state index in [1.165, 1.54) is 6.07 Å². The Morgan fingerprint density at radius 1 is 1.20 bits per heavy atom. The molecule has 0 radical (unpaired) electrons. The Balaban J connectivity index is 2.26. The van der Waals surface area contributed by atoms with Gasteiger partial charge in [-0.2, -0.15) is 4.57 Å². The largest absolute Gasteiger partial charge is 0.310 e. The molecular weight excluding hydrogens is 340 g/mol. The first-order chi connectivity index (χ1) is 12.0. The summed E-state index contributed by atoms with van der Waals surface area (Å²) in [5, 5.41) is 21.6. The zero-order valence-electron chi connectivity index (χ0n) is 12.9. The molecule has 1 aliphatic heterocycles. The van der Waals surface area contributed by atoms with Crippen molar-refractivity contribution in [1.29, 1.82) is 5.41 Å². The van der Waals surface area contributed by atoms with E-state index in [0.717, 1.165) is 0 Å². The Morgan fingerprint density at radius 2 is 1.88 bits per heavy atom. The van der Waals surface area contributed by atoms with Crippen LogP contribution in [0.15, 0.2) is 60.4 Å². The first-order valence-electron chi connectivity index (χ1n) is 7.38. The van der Waals surface area contributed by atoms with Crippen molar-refractivity contribution in [3.8, 4) is 0 Å². The second-order valence-electron chi connectivity index (χ2n) is 5.42. The lowest BCUT2D eigenvalue weighted by Gasteiger charge is -2.28. The van der Waals surface area contributed by atoms with Gasteiger partial charge < -0.3 is 5.32 Å². The summed E-state index contributed by atoms with van der Waals surface area (Å²) in [6.45, 7) is 0. The Morgan fingerprint density at radius 3 is 2.52 bits per heavy atom. The maximum absolute atomic E-state index is 12.6. The predicted octanol–water partition coefficient (Wildman–Crippen LogP) is 1.84. The molecule has 2 unspecified atom stereocenters. The quantitative estimate of drug-likeness (QED) is 0.220. The highest BCUT2D eigenvalue weighted by molar-refractivity contribution is 7.80. The zero-order valence-corrected chi connectivity index (χ0v) is 13.7. The normalized spacial score (nSPS) is 19.9. The fraction of sp³-hybridized carbons (Fsp3) is 0.118. The van der Waals surface area contributed by atoms with E-state index >= 15 is 0 Å². The number of nitrogens with zero attached hydrogens (tertiary/aromatic N) is 2. The summed E-state index contributed by atoms with van der Waals surface area (Å²) in [6, 6.07) is 10.7. The minimum atomic E-state index is -0.818. The molecular formula is C17H13N4O3S+. The van der Waals surface area contributed by atoms with Crippen LogP contribution in [0.1, 0.15) is 17.5 Å². The van der Waals surface area contributed by atoms with Crippen LogP contribution in [0.3, 0.4) is 0 Å². The third kappa shape index (κ3) is 2.96. The maximum atomic E-state index is 12.6. The summed E-state index contributed by atoms with van der Waals surface area (Å²) in [5.41, 5.74) is 0.435. The predicted molar refractivity (Wildman–Crippen MR) is 93.5 cm³/mol. The lowest BCUT2D eigenvalue weighted by Crippen LogP contribution is -2.56. The van der Waals surface area contributed by atoms with Crippen LogP contribution in [-0.4, -0.2) is 21.7 Å². The molecule has 3 rings (SSSR count). The van der Waals surface area contributed by atoms with Crippen LogP contribution in [0.2, 0.25) is 0 Å². The molecule has 2 N–H and O–H groups in total. The fourth-order valence-electron chi connectivity index (χ4n) is 2.99. The molecule has 2 aromatic rings. The van der Waals surface area contributed by atoms with Crippen molar-refractivity contribution >= 4 is 34.7 Å². The lowest BCUT2D eigenvalue weighted by molar-refractivity contribution is -0.711. The summed E-state index contributed by atoms with van der Waals surface area (Å²) in [7, 11) is 0. The molecule has 0 aliphatic carbocycles. The zero-order chi connectivity index (χ0) is 18.0. The minimum Gasteiger partial charge on any atom is -0.310 e. The molecule has 0 bridgehead atoms. The number of nitrogens with one attached hydrogen (secondary N) is 2. The van der Waals surface area contributed by atoms with Crippen molar-refractivity contribution in [3.63, 3.8) is 0 Å². The smallest absolute Gasteiger partial charge is 0.295 e. The number of pyridine rings is 1. The molecule has 2 heterocycles. The number of thiocarbonyl (C=S) groups is 1. The molecule has 1 amide bonds. The number of hydrogen-bond acceptors (Lipinski definition) is 5. The van der Waals surface area contributed by atoms with Crippen LogP contribution < -0.4 is 9.88 Å². The van der Waals surface area contributed by atoms with Gasteiger partial charge in [-0.25, -0.2) is 0 Å². The lowest BCUT2D eigenvalue weighted by atomic mass is 9.81. The first-order valence-corrected chi connectivity index (χ1v) is 7.79. The van der Waals surface area contributed by atoms with Gasteiger partial charge in [-0.05, 0) is 5.87 Å². The van der Waals surface area contributed by atoms with Crippen LogP contribution in [-0.2, 0) is 4.79 Å². The van der Waals surface area contributed by atoms with E-state index in [1.807, 2.05) is 0 Å². The maximum Gasteiger partial charge on any atom is 0.295 e. The van der Waals surface area contributed by atoms with Gasteiger partial charge >= 0.3 is 0 Å². The number of rotatable bonds is 3. The van der Waals surface area contributed by atoms with Gasteiger partial charge in [-0.15, -0.1) is 0 Å². The third-order valence-electron chi connectivity index (χ3n) is 4.04. The minimum absolute atomic E-state index is 0.0657. The van der Waals surface area contributed by atoms with Crippen molar-refractivity contribution in [1.82, 2.24) is 5.32 Å². The van der Waals surface area contributed by atoms with Gasteiger partial charge in [0.05, 0.1) is 16.4 Å². The average Bonchev–Trinajstić information content (AvgIpc) is 2.61. The molecule has 124 valence electrons. The van der Waals surface area contributed by atoms with Crippen molar-refractivity contribution in [3.05, 3.63) is 76.1 Å². The summed E-state index contributed by atoms with van der Waals surface area (Å²) in [5.74, 6) is 1.09. The number of carbonyl (C=O) groups is 1. The Bertz CT molecular complexity index is 923. The number of hydrogen-bond donors (Lipinski definition) is 2. The van der Waals surface area contributed by atoms with E-state index in [0.29, 0.717) is 5.56 Å². The number of nitro groups is 1. The van der Waals surface area contributed by atoms with Crippen LogP contribution in [0.4, 0.5) is 5.69 Å². The number of para-hydroxylation sites is 1. The highest BCUT2D eigenvalue weighted by atomic mass is 32.1. The van der Waals surface area contributed by atoms with Crippen LogP contribution >= 0.6 is 12.2 Å². The summed E-state index contributed by atoms with van der Waals surface area (Å²) in [4.78, 5) is 23.7. The molecule has 0 spiro atoms. The molecule has 2 atom stereocenters. The summed E-state index contributed by atoms with van der Waals surface area (Å²) < 4.78 is 1.65. The standard InChI is InChI=1S/C17H12N4O3S/c18-10-12-14(11-6-2-3-7-13(11)21(23)24)15(16(22)19-17(12)25)20-8-4-1-5-9-20/h1-9,14-15,18H/p+1. The molecule has 25 heavy (non-hydrogen) atoms. The molecule has 7 nitrogen and oxygen atoms in total. The van der Waals surface area contributed by atoms with Gasteiger partial charge in [-0.3, -0.25) is 20.3 Å². The molecule has 1 aromatic carbocycles. The number of amides is 1. The Kier molecular flexibility index (Phi) is 4.47. The average molecular weight is 353 g/mol. The van der Waals surface area contributed by atoms with Gasteiger partial charge in [0.25, 0.3) is 11.6 Å². The molecule has 1 aromatic heterocycles. The van der Waals surface area contributed by atoms with E-state index in [4.69, 9.17) is 17.6 Å². The summed E-state index contributed by atoms with van der Waals surface area (Å²) in [6.07, 6.45) is 3.39. The van der Waals surface area contributed by atoms with Crippen LogP contribution in [0.25, 0.3) is 0 Å². The molecule has 0 saturated carbocycles. The van der Waals surface area contributed by atoms with Crippen LogP contribution in [0.5, 0.6) is 0 Å². The van der Waals surface area contributed by atoms with Crippen molar-refractivity contribution in [2.75, 3.05) is 0 Å². The Labute approximate surface area is 148 Å². The number of piperidine rings is 1. The van der Waals surface area contributed by atoms with E-state index in [1.54, 1.807) is 53.4 Å². The van der Waals surface area contributed by atoms with Gasteiger partial charge in [0.2, 0.25) is 6.04 Å². The second-order valence-corrected chi connectivity index (χ2v) is 5.83. The topological polar surface area (TPSA) is 100.0 Å². The number of benzene rings is 1. The monoisotopic (exact) mass is 353 g/mol. The highest BCUT2D eigenvalue weighted by Gasteiger charge is 2.47.